The minimum atomic E-state index is -0.390. The van der Waals surface area contributed by atoms with Crippen LogP contribution in [0.15, 0.2) is 12.3 Å². The second-order valence-electron chi connectivity index (χ2n) is 8.64. The molecule has 3 rings (SSSR count). The van der Waals surface area contributed by atoms with Gasteiger partial charge in [0.2, 0.25) is 5.91 Å². The number of amides is 1. The molecule has 29 heavy (non-hydrogen) atoms. The Labute approximate surface area is 176 Å². The van der Waals surface area contributed by atoms with Crippen LogP contribution in [0.25, 0.3) is 6.08 Å². The van der Waals surface area contributed by atoms with Crippen molar-refractivity contribution in [3.05, 3.63) is 39.5 Å². The molecule has 2 aromatic rings. The number of carbonyl (C=O) groups excluding carboxylic acids is 2. The Balaban J connectivity index is 1.85. The van der Waals surface area contributed by atoms with Crippen molar-refractivity contribution >= 4 is 34.3 Å². The van der Waals surface area contributed by atoms with Crippen molar-refractivity contribution in [3.8, 4) is 0 Å². The van der Waals surface area contributed by atoms with Gasteiger partial charge in [-0.2, -0.15) is 5.10 Å². The molecule has 2 heterocycles. The molecule has 7 heteroatoms. The highest BCUT2D eigenvalue weighted by atomic mass is 32.1. The van der Waals surface area contributed by atoms with Gasteiger partial charge in [-0.3, -0.25) is 9.48 Å². The highest BCUT2D eigenvalue weighted by Crippen LogP contribution is 2.44. The lowest BCUT2D eigenvalue weighted by molar-refractivity contribution is -0.111. The third-order valence-corrected chi connectivity index (χ3v) is 6.97. The summed E-state index contributed by atoms with van der Waals surface area (Å²) in [4.78, 5) is 26.2. The number of methoxy groups -OCH3 is 1. The molecule has 0 aromatic carbocycles. The van der Waals surface area contributed by atoms with E-state index in [2.05, 4.69) is 31.2 Å². The van der Waals surface area contributed by atoms with E-state index in [9.17, 15) is 9.59 Å². The highest BCUT2D eigenvalue weighted by Gasteiger charge is 2.34. The van der Waals surface area contributed by atoms with Crippen LogP contribution in [0.2, 0.25) is 0 Å². The Morgan fingerprint density at radius 1 is 1.38 bits per heavy atom. The van der Waals surface area contributed by atoms with E-state index in [1.54, 1.807) is 17.0 Å². The van der Waals surface area contributed by atoms with E-state index < -0.39 is 0 Å². The summed E-state index contributed by atoms with van der Waals surface area (Å²) in [6, 6.07) is 0. The summed E-state index contributed by atoms with van der Waals surface area (Å²) in [6.45, 7) is 8.71. The van der Waals surface area contributed by atoms with E-state index in [-0.39, 0.29) is 17.3 Å². The number of aryl methyl sites for hydroxylation is 1. The first-order valence-electron chi connectivity index (χ1n) is 9.82. The summed E-state index contributed by atoms with van der Waals surface area (Å²) in [7, 11) is 3.24. The first kappa shape index (κ1) is 21.3. The average molecular weight is 416 g/mol. The summed E-state index contributed by atoms with van der Waals surface area (Å²) in [6.07, 6.45) is 7.72. The van der Waals surface area contributed by atoms with Crippen molar-refractivity contribution in [2.75, 3.05) is 12.4 Å². The smallest absolute Gasteiger partial charge is 0.341 e. The number of esters is 1. The van der Waals surface area contributed by atoms with Crippen LogP contribution in [-0.2, 0) is 29.4 Å². The lowest BCUT2D eigenvalue weighted by Crippen LogP contribution is -2.26. The Hall–Kier alpha value is -2.41. The minimum Gasteiger partial charge on any atom is -0.465 e. The molecule has 0 spiro atoms. The maximum absolute atomic E-state index is 12.5. The lowest BCUT2D eigenvalue weighted by Gasteiger charge is -2.33. The first-order chi connectivity index (χ1) is 13.6. The third-order valence-electron chi connectivity index (χ3n) is 5.80. The van der Waals surface area contributed by atoms with E-state index in [0.29, 0.717) is 16.5 Å². The maximum atomic E-state index is 12.5. The van der Waals surface area contributed by atoms with Crippen molar-refractivity contribution in [2.24, 2.45) is 18.4 Å². The van der Waals surface area contributed by atoms with Gasteiger partial charge in [-0.15, -0.1) is 11.3 Å². The van der Waals surface area contributed by atoms with Crippen LogP contribution in [0.5, 0.6) is 0 Å². The van der Waals surface area contributed by atoms with Crippen molar-refractivity contribution in [1.82, 2.24) is 9.78 Å². The molecule has 156 valence electrons. The van der Waals surface area contributed by atoms with Crippen molar-refractivity contribution < 1.29 is 14.3 Å². The Kier molecular flexibility index (Phi) is 5.98. The quantitative estimate of drug-likeness (QED) is 0.594. The molecular formula is C22H29N3O3S. The van der Waals surface area contributed by atoms with Crippen LogP contribution in [0.1, 0.15) is 59.2 Å². The number of anilines is 1. The van der Waals surface area contributed by atoms with Crippen molar-refractivity contribution in [1.29, 1.82) is 0 Å². The van der Waals surface area contributed by atoms with Crippen LogP contribution in [0.3, 0.4) is 0 Å². The molecule has 2 aromatic heterocycles. The van der Waals surface area contributed by atoms with Crippen molar-refractivity contribution in [3.63, 3.8) is 0 Å². The molecule has 0 saturated heterocycles. The fourth-order valence-corrected chi connectivity index (χ4v) is 5.05. The average Bonchev–Trinajstić information content (AvgIpc) is 3.18. The van der Waals surface area contributed by atoms with Gasteiger partial charge in [-0.05, 0) is 49.2 Å². The zero-order valence-electron chi connectivity index (χ0n) is 18.0. The fraction of sp³-hybridized carbons (Fsp3) is 0.500. The predicted octanol–water partition coefficient (Wildman–Crippen LogP) is 4.38. The minimum absolute atomic E-state index is 0.209. The summed E-state index contributed by atoms with van der Waals surface area (Å²) in [5.41, 5.74) is 3.61. The molecular weight excluding hydrogens is 386 g/mol. The number of thiophene rings is 1. The standard InChI is InChI=1S/C22H29N3O3S/c1-13-14(12-23-25(13)5)7-10-18(26)24-20-19(21(27)28-6)16-9-8-15(22(2,3)4)11-17(16)29-20/h7,10,12,15H,8-9,11H2,1-6H3,(H,24,26)/b10-7-/t15-/m1/s1. The molecule has 1 aliphatic carbocycles. The van der Waals surface area contributed by atoms with E-state index in [0.717, 1.165) is 36.1 Å². The van der Waals surface area contributed by atoms with E-state index in [4.69, 9.17) is 4.74 Å². The predicted molar refractivity (Wildman–Crippen MR) is 116 cm³/mol. The zero-order valence-corrected chi connectivity index (χ0v) is 18.8. The normalized spacial score (nSPS) is 16.7. The topological polar surface area (TPSA) is 73.2 Å². The Morgan fingerprint density at radius 3 is 2.69 bits per heavy atom. The first-order valence-corrected chi connectivity index (χ1v) is 10.6. The fourth-order valence-electron chi connectivity index (χ4n) is 3.73. The Bertz CT molecular complexity index is 963. The lowest BCUT2D eigenvalue weighted by atomic mass is 9.72. The van der Waals surface area contributed by atoms with Gasteiger partial charge in [-0.25, -0.2) is 4.79 Å². The van der Waals surface area contributed by atoms with Gasteiger partial charge in [0, 0.05) is 29.3 Å². The number of hydrogen-bond donors (Lipinski definition) is 1. The van der Waals surface area contributed by atoms with E-state index in [1.165, 1.54) is 29.4 Å². The molecule has 1 N–H and O–H groups in total. The van der Waals surface area contributed by atoms with Gasteiger partial charge in [0.1, 0.15) is 5.00 Å². The number of ether oxygens (including phenoxy) is 1. The van der Waals surface area contributed by atoms with Gasteiger partial charge in [0.05, 0.1) is 18.9 Å². The van der Waals surface area contributed by atoms with Gasteiger partial charge >= 0.3 is 5.97 Å². The number of fused-ring (bicyclic) bond motifs is 1. The monoisotopic (exact) mass is 415 g/mol. The number of hydrogen-bond acceptors (Lipinski definition) is 5. The Morgan fingerprint density at radius 2 is 2.10 bits per heavy atom. The molecule has 6 nitrogen and oxygen atoms in total. The van der Waals surface area contributed by atoms with Gasteiger partial charge < -0.3 is 10.1 Å². The summed E-state index contributed by atoms with van der Waals surface area (Å²) < 4.78 is 6.77. The molecule has 0 aliphatic heterocycles. The van der Waals surface area contributed by atoms with Crippen LogP contribution >= 0.6 is 11.3 Å². The van der Waals surface area contributed by atoms with Gasteiger partial charge in [-0.1, -0.05) is 20.8 Å². The molecule has 1 atom stereocenters. The molecule has 0 saturated carbocycles. The molecule has 0 fully saturated rings. The zero-order chi connectivity index (χ0) is 21.3. The van der Waals surface area contributed by atoms with Crippen LogP contribution < -0.4 is 5.32 Å². The second kappa shape index (κ2) is 8.14. The molecule has 0 unspecified atom stereocenters. The van der Waals surface area contributed by atoms with E-state index in [1.807, 2.05) is 14.0 Å². The van der Waals surface area contributed by atoms with Gasteiger partial charge in [0.15, 0.2) is 0 Å². The number of carbonyl (C=O) groups is 2. The van der Waals surface area contributed by atoms with Crippen LogP contribution in [0.4, 0.5) is 5.00 Å². The SMILES string of the molecule is COC(=O)c1c(NC(=O)/C=C\c2cnn(C)c2C)sc2c1CC[C@@H](C(C)(C)C)C2. The molecule has 1 aliphatic rings. The molecule has 1 amide bonds. The van der Waals surface area contributed by atoms with E-state index >= 15 is 0 Å². The van der Waals surface area contributed by atoms with Crippen LogP contribution in [-0.4, -0.2) is 28.8 Å². The summed E-state index contributed by atoms with van der Waals surface area (Å²) >= 11 is 1.50. The third kappa shape index (κ3) is 4.45. The highest BCUT2D eigenvalue weighted by molar-refractivity contribution is 7.17. The summed E-state index contributed by atoms with van der Waals surface area (Å²) in [5, 5.41) is 7.65. The largest absolute Gasteiger partial charge is 0.465 e. The van der Waals surface area contributed by atoms with Crippen molar-refractivity contribution in [2.45, 2.75) is 47.0 Å². The number of rotatable bonds is 4. The molecule has 0 radical (unpaired) electrons. The number of aromatic nitrogens is 2. The summed E-state index contributed by atoms with van der Waals surface area (Å²) in [5.74, 6) is -0.111. The second-order valence-corrected chi connectivity index (χ2v) is 9.74. The number of nitrogens with zero attached hydrogens (tertiary/aromatic N) is 2. The van der Waals surface area contributed by atoms with Gasteiger partial charge in [0.25, 0.3) is 0 Å². The molecule has 0 bridgehead atoms. The van der Waals surface area contributed by atoms with Crippen LogP contribution in [0, 0.1) is 18.3 Å². The maximum Gasteiger partial charge on any atom is 0.341 e. The number of nitrogens with one attached hydrogen (secondary N) is 1.